The van der Waals surface area contributed by atoms with Crippen molar-refractivity contribution in [3.05, 3.63) is 83.4 Å². The number of aliphatic carboxylic acids is 1. The number of H-pyrrole nitrogens is 2. The number of ether oxygens (including phenoxy) is 2. The summed E-state index contributed by atoms with van der Waals surface area (Å²) in [5, 5.41) is 77.5. The molecular weight excluding hydrogens is 1560 g/mol. The lowest BCUT2D eigenvalue weighted by molar-refractivity contribution is -0.149. The highest BCUT2D eigenvalue weighted by Gasteiger charge is 2.55. The van der Waals surface area contributed by atoms with Crippen LogP contribution in [0.1, 0.15) is 213 Å². The predicted molar refractivity (Wildman–Crippen MR) is 435 cm³/mol. The van der Waals surface area contributed by atoms with E-state index in [-0.39, 0.29) is 66.4 Å². The number of hydrogen-bond donors (Lipinski definition) is 13. The largest absolute Gasteiger partial charge is 0.480 e. The third kappa shape index (κ3) is 28.4. The van der Waals surface area contributed by atoms with Crippen molar-refractivity contribution in [3.8, 4) is 0 Å². The summed E-state index contributed by atoms with van der Waals surface area (Å²) in [6.45, 7) is 14.4. The lowest BCUT2D eigenvalue weighted by atomic mass is 9.83. The van der Waals surface area contributed by atoms with Gasteiger partial charge in [0.25, 0.3) is 11.8 Å². The Bertz CT molecular complexity index is 3660. The maximum absolute atomic E-state index is 14.6. The van der Waals surface area contributed by atoms with E-state index < -0.39 is 130 Å². The Kier molecular flexibility index (Phi) is 37.6. The van der Waals surface area contributed by atoms with Crippen LogP contribution in [0.4, 0.5) is 9.59 Å². The van der Waals surface area contributed by atoms with Crippen LogP contribution in [0, 0.1) is 11.8 Å². The van der Waals surface area contributed by atoms with Crippen LogP contribution in [-0.4, -0.2) is 243 Å². The first-order chi connectivity index (χ1) is 52.9. The molecule has 6 fully saturated rings. The molecule has 6 aliphatic rings. The van der Waals surface area contributed by atoms with Crippen molar-refractivity contribution in [1.29, 1.82) is 0 Å². The number of aromatic nitrogens is 8. The summed E-state index contributed by atoms with van der Waals surface area (Å²) in [4.78, 5) is 134. The summed E-state index contributed by atoms with van der Waals surface area (Å²) in [6.07, 6.45) is 10.0. The maximum Gasteiger partial charge on any atom is 0.408 e. The molecule has 10 atom stereocenters. The number of rotatable bonds is 27. The van der Waals surface area contributed by atoms with Gasteiger partial charge in [-0.15, -0.1) is 79.8 Å². The van der Waals surface area contributed by atoms with Crippen molar-refractivity contribution in [2.75, 3.05) is 49.2 Å². The molecule has 2 aromatic carbocycles. The van der Waals surface area contributed by atoms with E-state index in [4.69, 9.17) is 15.2 Å². The Morgan fingerprint density at radius 1 is 0.558 bits per heavy atom. The van der Waals surface area contributed by atoms with Crippen LogP contribution in [0.3, 0.4) is 0 Å². The number of nitrogens with one attached hydrogen (secondary N) is 9. The Labute approximate surface area is 684 Å². The number of nitrogens with two attached hydrogens (primary N) is 1. The summed E-state index contributed by atoms with van der Waals surface area (Å²) in [7, 11) is 0. The summed E-state index contributed by atoms with van der Waals surface area (Å²) in [6, 6.07) is 11.8. The number of aromatic amines is 2. The summed E-state index contributed by atoms with van der Waals surface area (Å²) >= 11 is 7.05. The van der Waals surface area contributed by atoms with Crippen LogP contribution in [0.2, 0.25) is 0 Å². The van der Waals surface area contributed by atoms with Crippen LogP contribution in [0.25, 0.3) is 0 Å². The number of carbonyl (C=O) groups is 10. The van der Waals surface area contributed by atoms with Crippen molar-refractivity contribution in [2.45, 2.75) is 258 Å². The average molecular weight is 1670 g/mol. The number of alkyl carbamates (subject to hydrolysis) is 2. The predicted octanol–water partition coefficient (Wildman–Crippen LogP) is 6.59. The fraction of sp³-hybridized carbons (Fsp3) is 0.680. The highest BCUT2D eigenvalue weighted by molar-refractivity contribution is 8.19. The van der Waals surface area contributed by atoms with E-state index in [0.717, 1.165) is 112 Å². The van der Waals surface area contributed by atoms with Gasteiger partial charge < -0.3 is 77.5 Å². The molecule has 14 N–H and O–H groups in total. The second-order valence-electron chi connectivity index (χ2n) is 30.7. The molecule has 2 spiro atoms. The number of carbonyl (C=O) groups excluding carboxylic acids is 9. The molecule has 0 radical (unpaired) electrons. The number of thioether (sulfide) groups is 4. The molecule has 0 bridgehead atoms. The highest BCUT2D eigenvalue weighted by atomic mass is 35.5. The van der Waals surface area contributed by atoms with E-state index in [1.54, 1.807) is 118 Å². The zero-order chi connectivity index (χ0) is 80.5. The summed E-state index contributed by atoms with van der Waals surface area (Å²) < 4.78 is 10.3. The van der Waals surface area contributed by atoms with Gasteiger partial charge in [-0.3, -0.25) is 33.6 Å². The second-order valence-corrected chi connectivity index (χ2v) is 37.2. The van der Waals surface area contributed by atoms with Gasteiger partial charge in [-0.25, -0.2) is 14.4 Å². The number of carboxylic acid groups (broad SMARTS) is 1. The van der Waals surface area contributed by atoms with Gasteiger partial charge in [0.1, 0.15) is 53.6 Å². The van der Waals surface area contributed by atoms with Crippen LogP contribution in [0.15, 0.2) is 60.7 Å². The van der Waals surface area contributed by atoms with Crippen molar-refractivity contribution in [3.63, 3.8) is 0 Å². The zero-order valence-electron chi connectivity index (χ0n) is 65.0. The van der Waals surface area contributed by atoms with Gasteiger partial charge in [0.15, 0.2) is 6.10 Å². The van der Waals surface area contributed by atoms with E-state index in [1.165, 1.54) is 4.90 Å². The van der Waals surface area contributed by atoms with Gasteiger partial charge in [0.05, 0.1) is 27.3 Å². The molecule has 2 saturated carbocycles. The minimum atomic E-state index is -1.68. The number of carboxylic acids is 1. The lowest BCUT2D eigenvalue weighted by Gasteiger charge is -2.36. The zero-order valence-corrected chi connectivity index (χ0v) is 69.1. The highest BCUT2D eigenvalue weighted by Crippen LogP contribution is 2.52. The Morgan fingerprint density at radius 2 is 0.947 bits per heavy atom. The topological polar surface area (TPSA) is 475 Å². The van der Waals surface area contributed by atoms with Crippen LogP contribution in [0.5, 0.6) is 0 Å². The van der Waals surface area contributed by atoms with Gasteiger partial charge in [0.2, 0.25) is 41.2 Å². The van der Waals surface area contributed by atoms with E-state index in [0.29, 0.717) is 50.2 Å². The molecule has 33 nitrogen and oxygen atoms in total. The van der Waals surface area contributed by atoms with Gasteiger partial charge in [0, 0.05) is 32.0 Å². The number of amides is 9. The van der Waals surface area contributed by atoms with Crippen molar-refractivity contribution in [1.82, 2.24) is 88.3 Å². The molecule has 6 heterocycles. The first kappa shape index (κ1) is 94.3. The number of likely N-dealkylation sites (tertiary alicyclic amines) is 2. The molecule has 10 unspecified atom stereocenters. The third-order valence-corrected chi connectivity index (χ3v) is 26.4. The fourth-order valence-corrected chi connectivity index (χ4v) is 21.1. The molecule has 2 aliphatic carbocycles. The molecule has 10 rings (SSSR count). The molecule has 38 heteroatoms. The lowest BCUT2D eigenvalue weighted by Crippen LogP contribution is -2.59. The number of nitrogens with zero attached hydrogens (tertiary/aromatic N) is 8. The number of benzene rings is 2. The van der Waals surface area contributed by atoms with E-state index in [9.17, 15) is 63.3 Å². The molecule has 628 valence electrons. The minimum absolute atomic E-state index is 0. The fourth-order valence-electron chi connectivity index (χ4n) is 14.4. The maximum atomic E-state index is 14.6. The number of aliphatic hydroxyl groups excluding tert-OH is 2. The number of halogens is 1. The second kappa shape index (κ2) is 45.1. The number of aliphatic hydroxyl groups is 2. The molecule has 4 aromatic rings. The normalized spacial score (nSPS) is 20.2. The van der Waals surface area contributed by atoms with Gasteiger partial charge in [-0.2, -0.15) is 10.4 Å². The first-order valence-corrected chi connectivity index (χ1v) is 42.4. The van der Waals surface area contributed by atoms with E-state index in [2.05, 4.69) is 78.5 Å². The van der Waals surface area contributed by atoms with Crippen LogP contribution >= 0.6 is 59.5 Å². The average Bonchev–Trinajstić information content (AvgIpc) is 1.62. The molecule has 2 aromatic heterocycles. The molecule has 9 amide bonds. The Balaban J connectivity index is 0.000000289. The number of tetrazole rings is 2. The van der Waals surface area contributed by atoms with Crippen LogP contribution < -0.4 is 43.0 Å². The SMILES string of the molecule is C.CC(C)(C)OC(=O)NC(C(=O)N1CC2(CC1C(=O)O)SCCCS2)C1CCCCC1.CCCC(N)C(O)C(=O)NCC(=O)NC(c1ccccc1)c1nn[nH]n1.CCCC(NC(=O)C1CC2(CN1C(=O)C(NC(=O)OC(C)(C)C)C1CCCCC1)SCCCS2)C(O)C(=O)NCC(=O)NC(c1ccccc1)c1nn[nH]n1.Cl. The van der Waals surface area contributed by atoms with Crippen LogP contribution in [-0.2, 0) is 47.8 Å². The Hall–Kier alpha value is -7.55. The minimum Gasteiger partial charge on any atom is -0.480 e. The number of hydrogen-bond acceptors (Lipinski definition) is 25. The van der Waals surface area contributed by atoms with Crippen molar-refractivity contribution in [2.24, 2.45) is 17.6 Å². The summed E-state index contributed by atoms with van der Waals surface area (Å²) in [5.41, 5.74) is 5.76. The molecule has 4 aliphatic heterocycles. The third-order valence-electron chi connectivity index (χ3n) is 19.7. The van der Waals surface area contributed by atoms with E-state index >= 15 is 0 Å². The quantitative estimate of drug-likeness (QED) is 0.0299. The standard InChI is InChI=1S/C37H55N9O7S2.C21H34N2O5S2.C16H23N7O3.CH4.ClH/c1-5-13-25(30(48)33(50)38-21-27(47)40-28(31-42-44-45-43-31)23-14-8-6-9-15-23)39-32(49)26-20-37(54-18-12-19-55-37)22-46(26)34(51)29(24-16-10-7-11-17-24)41-35(52)53-36(2,3)4;1-20(2,3)28-19(27)22-16(14-8-5-4-6-9-14)17(24)23-13-21(12-15(23)18(25)26)29-10-7-11-30-21;1-2-6-11(17)14(25)16(26)18-9-12(24)19-13(15-20-22-23-21-15)10-7-4-3-5-8-10;;/h6,8-9,14-15,24-26,28-30,48H,5,7,10-13,16-22H2,1-4H3,(H,38,50)(H,39,49)(H,40,47)(H,41,52)(H,42,43,44,45);14-16H,4-13H2,1-3H3,(H,22,27)(H,25,26);3-5,7-8,11,13-14,25H,2,6,9,17H2,1H3,(H,18,26)(H,19,24)(H,20,21,22,23);1H4;1H. The summed E-state index contributed by atoms with van der Waals surface area (Å²) in [5.74, 6) is -0.382. The molecule has 4 saturated heterocycles. The molecule has 113 heavy (non-hydrogen) atoms. The first-order valence-electron chi connectivity index (χ1n) is 38.4. The molecular formula is C75H117ClN18O15S4. The van der Waals surface area contributed by atoms with Crippen molar-refractivity contribution >= 4 is 119 Å². The van der Waals surface area contributed by atoms with Gasteiger partial charge >= 0.3 is 18.2 Å². The van der Waals surface area contributed by atoms with Gasteiger partial charge in [-0.1, -0.05) is 144 Å². The van der Waals surface area contributed by atoms with Gasteiger partial charge in [-0.05, 0) is 139 Å². The smallest absolute Gasteiger partial charge is 0.408 e. The van der Waals surface area contributed by atoms with E-state index in [1.807, 2.05) is 50.2 Å². The van der Waals surface area contributed by atoms with Crippen molar-refractivity contribution < 1.29 is 72.7 Å². The Morgan fingerprint density at radius 3 is 1.32 bits per heavy atom. The monoisotopic (exact) mass is 1670 g/mol.